The molecule has 0 aliphatic carbocycles. The molecule has 0 spiro atoms. The summed E-state index contributed by atoms with van der Waals surface area (Å²) in [6.45, 7) is 3.37. The molecule has 1 aromatic heterocycles. The van der Waals surface area contributed by atoms with Gasteiger partial charge in [-0.1, -0.05) is 23.2 Å². The number of aromatic nitrogens is 1. The number of amides is 1. The first-order chi connectivity index (χ1) is 14.9. The molecule has 1 aliphatic heterocycles. The Morgan fingerprint density at radius 1 is 1.16 bits per heavy atom. The number of nitrogens with zero attached hydrogens (tertiary/aromatic N) is 2. The molecule has 1 aliphatic rings. The van der Waals surface area contributed by atoms with Gasteiger partial charge in [0.25, 0.3) is 5.91 Å². The third kappa shape index (κ3) is 7.09. The fourth-order valence-corrected chi connectivity index (χ4v) is 3.80. The summed E-state index contributed by atoms with van der Waals surface area (Å²) in [5, 5.41) is 7.16. The predicted molar refractivity (Wildman–Crippen MR) is 123 cm³/mol. The molecule has 3 rings (SSSR count). The largest absolute Gasteiger partial charge is 0.469 e. The number of rotatable bonds is 8. The molecule has 2 heterocycles. The highest BCUT2D eigenvalue weighted by Gasteiger charge is 2.21. The van der Waals surface area contributed by atoms with E-state index < -0.39 is 0 Å². The van der Waals surface area contributed by atoms with Gasteiger partial charge in [0, 0.05) is 30.0 Å². The summed E-state index contributed by atoms with van der Waals surface area (Å²) in [5.74, 6) is 0.433. The lowest BCUT2D eigenvalue weighted by molar-refractivity contribution is -0.141. The molecule has 1 fully saturated rings. The zero-order chi connectivity index (χ0) is 22.2. The molecular weight excluding hydrogens is 439 g/mol. The number of carbonyl (C=O) groups is 2. The Labute approximate surface area is 192 Å². The van der Waals surface area contributed by atoms with Gasteiger partial charge in [0.05, 0.1) is 24.1 Å². The minimum atomic E-state index is -0.294. The Balaban J connectivity index is 1.54. The van der Waals surface area contributed by atoms with Gasteiger partial charge in [-0.25, -0.2) is 4.98 Å². The van der Waals surface area contributed by atoms with Gasteiger partial charge in [-0.15, -0.1) is 0 Å². The highest BCUT2D eigenvalue weighted by Crippen LogP contribution is 2.24. The van der Waals surface area contributed by atoms with Crippen LogP contribution in [-0.2, 0) is 9.53 Å². The van der Waals surface area contributed by atoms with Crippen molar-refractivity contribution < 1.29 is 14.3 Å². The van der Waals surface area contributed by atoms with E-state index in [0.717, 1.165) is 44.7 Å². The lowest BCUT2D eigenvalue weighted by atomic mass is 9.96. The molecule has 166 valence electrons. The van der Waals surface area contributed by atoms with Crippen LogP contribution in [0, 0.1) is 5.92 Å². The smallest absolute Gasteiger partial charge is 0.306 e. The number of benzene rings is 1. The fraction of sp³-hybridized carbons (Fsp3) is 0.409. The van der Waals surface area contributed by atoms with Crippen molar-refractivity contribution in [2.24, 2.45) is 5.92 Å². The standard InChI is InChI=1S/C22H26Cl2N4O3/c1-31-21(29)8-11-28-9-6-15(7-10-28)13-25-19-4-2-16(23)12-18(19)22(30)27-20-5-3-17(24)14-26-20/h2-5,12,14-15,25H,6-11,13H2,1H3,(H,26,27,30). The first-order valence-corrected chi connectivity index (χ1v) is 11.0. The average Bonchev–Trinajstić information content (AvgIpc) is 2.78. The van der Waals surface area contributed by atoms with E-state index in [1.807, 2.05) is 6.07 Å². The predicted octanol–water partition coefficient (Wildman–Crippen LogP) is 4.33. The summed E-state index contributed by atoms with van der Waals surface area (Å²) in [6.07, 6.45) is 3.95. The number of methoxy groups -OCH3 is 1. The van der Waals surface area contributed by atoms with Gasteiger partial charge < -0.3 is 20.3 Å². The topological polar surface area (TPSA) is 83.6 Å². The number of halogens is 2. The number of pyridine rings is 1. The molecular formula is C22H26Cl2N4O3. The van der Waals surface area contributed by atoms with Crippen molar-refractivity contribution in [2.75, 3.05) is 43.9 Å². The number of carbonyl (C=O) groups excluding carboxylic acids is 2. The summed E-state index contributed by atoms with van der Waals surface area (Å²) >= 11 is 12.0. The molecule has 1 saturated heterocycles. The quantitative estimate of drug-likeness (QED) is 0.565. The first-order valence-electron chi connectivity index (χ1n) is 10.2. The number of ether oxygens (including phenoxy) is 1. The maximum Gasteiger partial charge on any atom is 0.306 e. The van der Waals surface area contributed by atoms with E-state index >= 15 is 0 Å². The molecule has 1 aromatic carbocycles. The average molecular weight is 465 g/mol. The van der Waals surface area contributed by atoms with Gasteiger partial charge in [-0.3, -0.25) is 9.59 Å². The second-order valence-corrected chi connectivity index (χ2v) is 8.37. The maximum absolute atomic E-state index is 12.8. The number of hydrogen-bond acceptors (Lipinski definition) is 6. The molecule has 31 heavy (non-hydrogen) atoms. The summed E-state index contributed by atoms with van der Waals surface area (Å²) in [5.41, 5.74) is 1.18. The van der Waals surface area contributed by atoms with Crippen LogP contribution < -0.4 is 10.6 Å². The first kappa shape index (κ1) is 23.3. The maximum atomic E-state index is 12.8. The minimum Gasteiger partial charge on any atom is -0.469 e. The third-order valence-corrected chi connectivity index (χ3v) is 5.80. The Morgan fingerprint density at radius 2 is 1.90 bits per heavy atom. The van der Waals surface area contributed by atoms with Crippen molar-refractivity contribution >= 4 is 46.6 Å². The van der Waals surface area contributed by atoms with E-state index in [1.165, 1.54) is 13.3 Å². The number of anilines is 2. The van der Waals surface area contributed by atoms with E-state index in [1.54, 1.807) is 24.3 Å². The van der Waals surface area contributed by atoms with Crippen molar-refractivity contribution in [2.45, 2.75) is 19.3 Å². The molecule has 1 amide bonds. The van der Waals surface area contributed by atoms with Crippen LogP contribution in [0.5, 0.6) is 0 Å². The number of hydrogen-bond donors (Lipinski definition) is 2. The van der Waals surface area contributed by atoms with E-state index in [0.29, 0.717) is 33.8 Å². The molecule has 9 heteroatoms. The Kier molecular flexibility index (Phi) is 8.51. The Bertz CT molecular complexity index is 900. The SMILES string of the molecule is COC(=O)CCN1CCC(CNc2ccc(Cl)cc2C(=O)Nc2ccc(Cl)cn2)CC1. The van der Waals surface area contributed by atoms with Gasteiger partial charge in [0.2, 0.25) is 0 Å². The minimum absolute atomic E-state index is 0.175. The van der Waals surface area contributed by atoms with Gasteiger partial charge in [-0.2, -0.15) is 0 Å². The highest BCUT2D eigenvalue weighted by atomic mass is 35.5. The van der Waals surface area contributed by atoms with Crippen molar-refractivity contribution in [3.8, 4) is 0 Å². The van der Waals surface area contributed by atoms with Crippen LogP contribution in [0.3, 0.4) is 0 Å². The third-order valence-electron chi connectivity index (χ3n) is 5.34. The van der Waals surface area contributed by atoms with Crippen molar-refractivity contribution in [3.63, 3.8) is 0 Å². The van der Waals surface area contributed by atoms with Crippen LogP contribution in [0.1, 0.15) is 29.6 Å². The summed E-state index contributed by atoms with van der Waals surface area (Å²) in [4.78, 5) is 30.5. The molecule has 0 unspecified atom stereocenters. The van der Waals surface area contributed by atoms with E-state index in [4.69, 9.17) is 27.9 Å². The van der Waals surface area contributed by atoms with Crippen LogP contribution >= 0.6 is 23.2 Å². The Morgan fingerprint density at radius 3 is 2.58 bits per heavy atom. The molecule has 2 N–H and O–H groups in total. The summed E-state index contributed by atoms with van der Waals surface area (Å²) in [7, 11) is 1.41. The summed E-state index contributed by atoms with van der Waals surface area (Å²) < 4.78 is 4.70. The van der Waals surface area contributed by atoms with Crippen LogP contribution in [-0.4, -0.2) is 55.0 Å². The van der Waals surface area contributed by atoms with Gasteiger partial charge in [0.1, 0.15) is 5.82 Å². The monoisotopic (exact) mass is 464 g/mol. The molecule has 0 saturated carbocycles. The fourth-order valence-electron chi connectivity index (χ4n) is 3.51. The zero-order valence-electron chi connectivity index (χ0n) is 17.4. The molecule has 0 radical (unpaired) electrons. The molecule has 2 aromatic rings. The van der Waals surface area contributed by atoms with E-state index in [-0.39, 0.29) is 11.9 Å². The number of likely N-dealkylation sites (tertiary alicyclic amines) is 1. The van der Waals surface area contributed by atoms with Crippen LogP contribution in [0.4, 0.5) is 11.5 Å². The normalized spacial score (nSPS) is 14.8. The molecule has 0 atom stereocenters. The Hall–Kier alpha value is -2.35. The number of nitrogens with one attached hydrogen (secondary N) is 2. The zero-order valence-corrected chi connectivity index (χ0v) is 18.9. The van der Waals surface area contributed by atoms with Crippen LogP contribution in [0.25, 0.3) is 0 Å². The van der Waals surface area contributed by atoms with Gasteiger partial charge in [-0.05, 0) is 62.2 Å². The molecule has 7 nitrogen and oxygen atoms in total. The van der Waals surface area contributed by atoms with Gasteiger partial charge >= 0.3 is 5.97 Å². The molecule has 0 bridgehead atoms. The van der Waals surface area contributed by atoms with Crippen molar-refractivity contribution in [1.29, 1.82) is 0 Å². The number of esters is 1. The lowest BCUT2D eigenvalue weighted by Gasteiger charge is -2.32. The van der Waals surface area contributed by atoms with Gasteiger partial charge in [0.15, 0.2) is 0 Å². The number of piperidine rings is 1. The van der Waals surface area contributed by atoms with Crippen LogP contribution in [0.15, 0.2) is 36.5 Å². The second kappa shape index (κ2) is 11.3. The lowest BCUT2D eigenvalue weighted by Crippen LogP contribution is -2.37. The van der Waals surface area contributed by atoms with E-state index in [2.05, 4.69) is 20.5 Å². The highest BCUT2D eigenvalue weighted by molar-refractivity contribution is 6.31. The second-order valence-electron chi connectivity index (χ2n) is 7.50. The van der Waals surface area contributed by atoms with Crippen molar-refractivity contribution in [1.82, 2.24) is 9.88 Å². The summed E-state index contributed by atoms with van der Waals surface area (Å²) in [6, 6.07) is 8.53. The van der Waals surface area contributed by atoms with Crippen LogP contribution in [0.2, 0.25) is 10.0 Å². The van der Waals surface area contributed by atoms with E-state index in [9.17, 15) is 9.59 Å². The van der Waals surface area contributed by atoms with Crippen molar-refractivity contribution in [3.05, 3.63) is 52.1 Å².